The van der Waals surface area contributed by atoms with Gasteiger partial charge < -0.3 is 16.0 Å². The predicted octanol–water partition coefficient (Wildman–Crippen LogP) is 1.59. The normalized spacial score (nSPS) is 18.8. The van der Waals surface area contributed by atoms with Gasteiger partial charge in [-0.3, -0.25) is 4.79 Å². The number of likely N-dealkylation sites (N-methyl/N-ethyl adjacent to an activating group) is 1. The molecule has 0 bridgehead atoms. The molecule has 20 heavy (non-hydrogen) atoms. The fraction of sp³-hybridized carbons (Fsp3) is 0.533. The standard InChI is InChI=1S/C15H22ClN3O/c1-18-15(20)14(11-2-4-12(16)5-3-11)10-19-8-6-13(17)7-9-19/h2-5,13-14H,6-10,17H2,1H3,(H,18,20)/t14-/m1/s1. The minimum Gasteiger partial charge on any atom is -0.359 e. The molecule has 0 aliphatic carbocycles. The summed E-state index contributed by atoms with van der Waals surface area (Å²) in [5.74, 6) is -0.117. The lowest BCUT2D eigenvalue weighted by atomic mass is 9.96. The van der Waals surface area contributed by atoms with Crippen molar-refractivity contribution in [3.63, 3.8) is 0 Å². The molecule has 1 atom stereocenters. The summed E-state index contributed by atoms with van der Waals surface area (Å²) in [6.45, 7) is 2.65. The maximum atomic E-state index is 12.1. The summed E-state index contributed by atoms with van der Waals surface area (Å²) in [4.78, 5) is 14.5. The molecule has 0 unspecified atom stereocenters. The van der Waals surface area contributed by atoms with Crippen molar-refractivity contribution < 1.29 is 4.79 Å². The van der Waals surface area contributed by atoms with E-state index in [4.69, 9.17) is 17.3 Å². The van der Waals surface area contributed by atoms with Crippen LogP contribution >= 0.6 is 11.6 Å². The number of halogens is 1. The van der Waals surface area contributed by atoms with E-state index in [0.29, 0.717) is 11.1 Å². The van der Waals surface area contributed by atoms with Crippen LogP contribution in [-0.4, -0.2) is 43.5 Å². The number of carbonyl (C=O) groups excluding carboxylic acids is 1. The molecule has 1 aliphatic heterocycles. The second-order valence-electron chi connectivity index (χ2n) is 5.36. The van der Waals surface area contributed by atoms with E-state index in [-0.39, 0.29) is 11.8 Å². The number of nitrogens with two attached hydrogens (primary N) is 1. The zero-order valence-electron chi connectivity index (χ0n) is 11.8. The number of nitrogens with one attached hydrogen (secondary N) is 1. The number of likely N-dealkylation sites (tertiary alicyclic amines) is 1. The van der Waals surface area contributed by atoms with E-state index in [2.05, 4.69) is 10.2 Å². The van der Waals surface area contributed by atoms with Gasteiger partial charge in [-0.2, -0.15) is 0 Å². The lowest BCUT2D eigenvalue weighted by molar-refractivity contribution is -0.122. The van der Waals surface area contributed by atoms with Gasteiger partial charge in [0.15, 0.2) is 0 Å². The van der Waals surface area contributed by atoms with Gasteiger partial charge in [0.2, 0.25) is 5.91 Å². The summed E-state index contributed by atoms with van der Waals surface area (Å²) in [7, 11) is 1.68. The molecule has 0 saturated carbocycles. The highest BCUT2D eigenvalue weighted by Crippen LogP contribution is 2.21. The molecule has 1 aliphatic rings. The maximum Gasteiger partial charge on any atom is 0.228 e. The van der Waals surface area contributed by atoms with Gasteiger partial charge in [0.05, 0.1) is 5.92 Å². The van der Waals surface area contributed by atoms with Gasteiger partial charge in [0.25, 0.3) is 0 Å². The van der Waals surface area contributed by atoms with E-state index >= 15 is 0 Å². The Labute approximate surface area is 125 Å². The summed E-state index contributed by atoms with van der Waals surface area (Å²) in [5.41, 5.74) is 6.92. The van der Waals surface area contributed by atoms with Crippen molar-refractivity contribution in [2.24, 2.45) is 5.73 Å². The Hall–Kier alpha value is -1.10. The largest absolute Gasteiger partial charge is 0.359 e. The first-order valence-electron chi connectivity index (χ1n) is 7.05. The van der Waals surface area contributed by atoms with Crippen LogP contribution in [0.2, 0.25) is 5.02 Å². The highest BCUT2D eigenvalue weighted by molar-refractivity contribution is 6.30. The SMILES string of the molecule is CNC(=O)[C@H](CN1CCC(N)CC1)c1ccc(Cl)cc1. The number of hydrogen-bond donors (Lipinski definition) is 2. The summed E-state index contributed by atoms with van der Waals surface area (Å²) in [6, 6.07) is 7.83. The molecule has 1 aromatic rings. The van der Waals surface area contributed by atoms with Crippen LogP contribution in [0.3, 0.4) is 0 Å². The first kappa shape index (κ1) is 15.3. The van der Waals surface area contributed by atoms with Gasteiger partial charge in [-0.25, -0.2) is 0 Å². The Morgan fingerprint density at radius 3 is 2.55 bits per heavy atom. The van der Waals surface area contributed by atoms with Crippen LogP contribution in [0.4, 0.5) is 0 Å². The molecule has 2 rings (SSSR count). The monoisotopic (exact) mass is 295 g/mol. The van der Waals surface area contributed by atoms with Crippen LogP contribution in [-0.2, 0) is 4.79 Å². The highest BCUT2D eigenvalue weighted by Gasteiger charge is 2.25. The van der Waals surface area contributed by atoms with Crippen LogP contribution in [0.1, 0.15) is 24.3 Å². The van der Waals surface area contributed by atoms with Crippen molar-refractivity contribution in [3.05, 3.63) is 34.9 Å². The maximum absolute atomic E-state index is 12.1. The highest BCUT2D eigenvalue weighted by atomic mass is 35.5. The van der Waals surface area contributed by atoms with Gasteiger partial charge in [0.1, 0.15) is 0 Å². The Kier molecular flexibility index (Phi) is 5.40. The molecule has 0 aromatic heterocycles. The lowest BCUT2D eigenvalue weighted by Crippen LogP contribution is -2.43. The molecule has 3 N–H and O–H groups in total. The van der Waals surface area contributed by atoms with Crippen LogP contribution in [0.5, 0.6) is 0 Å². The Morgan fingerprint density at radius 1 is 1.40 bits per heavy atom. The third-order valence-corrected chi connectivity index (χ3v) is 4.16. The van der Waals surface area contributed by atoms with Crippen LogP contribution < -0.4 is 11.1 Å². The van der Waals surface area contributed by atoms with Crippen LogP contribution in [0.25, 0.3) is 0 Å². The van der Waals surface area contributed by atoms with E-state index in [1.807, 2.05) is 24.3 Å². The molecule has 1 heterocycles. The summed E-state index contributed by atoms with van der Waals surface area (Å²) in [5, 5.41) is 3.44. The van der Waals surface area contributed by atoms with Crippen molar-refractivity contribution in [2.75, 3.05) is 26.7 Å². The van der Waals surface area contributed by atoms with Crippen molar-refractivity contribution in [1.82, 2.24) is 10.2 Å². The molecule has 4 nitrogen and oxygen atoms in total. The molecule has 0 spiro atoms. The third-order valence-electron chi connectivity index (χ3n) is 3.91. The summed E-state index contributed by atoms with van der Waals surface area (Å²) >= 11 is 5.91. The quantitative estimate of drug-likeness (QED) is 0.887. The number of piperidine rings is 1. The average molecular weight is 296 g/mol. The number of carbonyl (C=O) groups is 1. The zero-order chi connectivity index (χ0) is 14.5. The topological polar surface area (TPSA) is 58.4 Å². The molecular formula is C15H22ClN3O. The smallest absolute Gasteiger partial charge is 0.228 e. The number of nitrogens with zero attached hydrogens (tertiary/aromatic N) is 1. The molecular weight excluding hydrogens is 274 g/mol. The Bertz CT molecular complexity index is 441. The Morgan fingerprint density at radius 2 is 2.00 bits per heavy atom. The lowest BCUT2D eigenvalue weighted by Gasteiger charge is -2.32. The van der Waals surface area contributed by atoms with Gasteiger partial charge in [0, 0.05) is 24.7 Å². The van der Waals surface area contributed by atoms with E-state index in [1.165, 1.54) is 0 Å². The second-order valence-corrected chi connectivity index (χ2v) is 5.79. The average Bonchev–Trinajstić information content (AvgIpc) is 2.47. The minimum absolute atomic E-state index is 0.0437. The molecule has 5 heteroatoms. The van der Waals surface area contributed by atoms with E-state index in [9.17, 15) is 4.79 Å². The minimum atomic E-state index is -0.161. The Balaban J connectivity index is 2.08. The van der Waals surface area contributed by atoms with Crippen molar-refractivity contribution in [3.8, 4) is 0 Å². The van der Waals surface area contributed by atoms with Gasteiger partial charge in [-0.15, -0.1) is 0 Å². The first-order chi connectivity index (χ1) is 9.60. The molecule has 110 valence electrons. The number of amides is 1. The fourth-order valence-electron chi connectivity index (χ4n) is 2.60. The van der Waals surface area contributed by atoms with E-state index in [1.54, 1.807) is 7.05 Å². The molecule has 1 aromatic carbocycles. The number of hydrogen-bond acceptors (Lipinski definition) is 3. The molecule has 1 fully saturated rings. The van der Waals surface area contributed by atoms with Gasteiger partial charge in [-0.05, 0) is 43.6 Å². The second kappa shape index (κ2) is 7.07. The summed E-state index contributed by atoms with van der Waals surface area (Å²) in [6.07, 6.45) is 2.00. The zero-order valence-corrected chi connectivity index (χ0v) is 12.6. The van der Waals surface area contributed by atoms with Gasteiger partial charge >= 0.3 is 0 Å². The van der Waals surface area contributed by atoms with Crippen molar-refractivity contribution >= 4 is 17.5 Å². The molecule has 0 radical (unpaired) electrons. The predicted molar refractivity (Wildman–Crippen MR) is 81.9 cm³/mol. The third kappa shape index (κ3) is 3.95. The summed E-state index contributed by atoms with van der Waals surface area (Å²) < 4.78 is 0. The number of benzene rings is 1. The van der Waals surface area contributed by atoms with Crippen molar-refractivity contribution in [2.45, 2.75) is 24.8 Å². The fourth-order valence-corrected chi connectivity index (χ4v) is 2.73. The molecule has 1 amide bonds. The van der Waals surface area contributed by atoms with Crippen LogP contribution in [0, 0.1) is 0 Å². The number of rotatable bonds is 4. The van der Waals surface area contributed by atoms with Crippen molar-refractivity contribution in [1.29, 1.82) is 0 Å². The first-order valence-corrected chi connectivity index (χ1v) is 7.43. The van der Waals surface area contributed by atoms with Gasteiger partial charge in [-0.1, -0.05) is 23.7 Å². The van der Waals surface area contributed by atoms with E-state index < -0.39 is 0 Å². The van der Waals surface area contributed by atoms with Crippen LogP contribution in [0.15, 0.2) is 24.3 Å². The molecule has 1 saturated heterocycles. The van der Waals surface area contributed by atoms with E-state index in [0.717, 1.165) is 38.0 Å².